The second-order valence-corrected chi connectivity index (χ2v) is 7.05. The van der Waals surface area contributed by atoms with Crippen molar-refractivity contribution >= 4 is 0 Å². The van der Waals surface area contributed by atoms with Crippen molar-refractivity contribution < 1.29 is 5.11 Å². The van der Waals surface area contributed by atoms with E-state index in [1.54, 1.807) is 0 Å². The molecular formula is C17H36N2O. The van der Waals surface area contributed by atoms with Gasteiger partial charge in [-0.15, -0.1) is 0 Å². The Labute approximate surface area is 126 Å². The molecule has 2 atom stereocenters. The van der Waals surface area contributed by atoms with Gasteiger partial charge in [0.2, 0.25) is 0 Å². The van der Waals surface area contributed by atoms with Gasteiger partial charge in [0.15, 0.2) is 0 Å². The third-order valence-electron chi connectivity index (χ3n) is 5.36. The first kappa shape index (κ1) is 17.9. The van der Waals surface area contributed by atoms with Gasteiger partial charge in [-0.2, -0.15) is 0 Å². The fraction of sp³-hybridized carbons (Fsp3) is 1.00. The van der Waals surface area contributed by atoms with Crippen LogP contribution in [0.25, 0.3) is 0 Å². The lowest BCUT2D eigenvalue weighted by molar-refractivity contribution is 0.0848. The fourth-order valence-electron chi connectivity index (χ4n) is 3.74. The SMILES string of the molecule is CCNC(C)(CO)CC(C)N(C)C1CCC(CC)CC1. The van der Waals surface area contributed by atoms with Crippen LogP contribution in [-0.2, 0) is 0 Å². The molecule has 0 bridgehead atoms. The van der Waals surface area contributed by atoms with Crippen molar-refractivity contribution in [3.63, 3.8) is 0 Å². The summed E-state index contributed by atoms with van der Waals surface area (Å²) in [5.41, 5.74) is -0.150. The molecule has 1 aliphatic rings. The molecule has 0 heterocycles. The van der Waals surface area contributed by atoms with Crippen LogP contribution in [0.3, 0.4) is 0 Å². The summed E-state index contributed by atoms with van der Waals surface area (Å²) in [6.45, 7) is 9.98. The van der Waals surface area contributed by atoms with Gasteiger partial charge in [-0.05, 0) is 65.5 Å². The van der Waals surface area contributed by atoms with Crippen molar-refractivity contribution in [1.82, 2.24) is 10.2 Å². The first-order chi connectivity index (χ1) is 9.45. The van der Waals surface area contributed by atoms with Crippen molar-refractivity contribution in [2.24, 2.45) is 5.92 Å². The predicted molar refractivity (Wildman–Crippen MR) is 87.0 cm³/mol. The molecule has 1 rings (SSSR count). The van der Waals surface area contributed by atoms with Crippen molar-refractivity contribution in [3.8, 4) is 0 Å². The maximum Gasteiger partial charge on any atom is 0.0611 e. The van der Waals surface area contributed by atoms with Crippen LogP contribution in [0.15, 0.2) is 0 Å². The lowest BCUT2D eigenvalue weighted by Gasteiger charge is -2.41. The van der Waals surface area contributed by atoms with E-state index in [1.807, 2.05) is 0 Å². The minimum absolute atomic E-state index is 0.150. The largest absolute Gasteiger partial charge is 0.394 e. The summed E-state index contributed by atoms with van der Waals surface area (Å²) in [6, 6.07) is 1.24. The molecular weight excluding hydrogens is 248 g/mol. The molecule has 0 aliphatic heterocycles. The van der Waals surface area contributed by atoms with Crippen LogP contribution >= 0.6 is 0 Å². The van der Waals surface area contributed by atoms with Gasteiger partial charge in [-0.3, -0.25) is 0 Å². The number of likely N-dealkylation sites (N-methyl/N-ethyl adjacent to an activating group) is 1. The highest BCUT2D eigenvalue weighted by molar-refractivity contribution is 4.88. The molecule has 120 valence electrons. The Morgan fingerprint density at radius 3 is 2.30 bits per heavy atom. The van der Waals surface area contributed by atoms with E-state index in [1.165, 1.54) is 32.1 Å². The van der Waals surface area contributed by atoms with Gasteiger partial charge in [0.1, 0.15) is 0 Å². The minimum Gasteiger partial charge on any atom is -0.394 e. The monoisotopic (exact) mass is 284 g/mol. The van der Waals surface area contributed by atoms with E-state index in [9.17, 15) is 5.11 Å². The average molecular weight is 284 g/mol. The Morgan fingerprint density at radius 1 is 1.25 bits per heavy atom. The summed E-state index contributed by atoms with van der Waals surface area (Å²) < 4.78 is 0. The molecule has 2 N–H and O–H groups in total. The lowest BCUT2D eigenvalue weighted by Crippen LogP contribution is -2.51. The summed E-state index contributed by atoms with van der Waals surface area (Å²) in [5.74, 6) is 0.958. The Bertz CT molecular complexity index is 264. The summed E-state index contributed by atoms with van der Waals surface area (Å²) >= 11 is 0. The highest BCUT2D eigenvalue weighted by atomic mass is 16.3. The third-order valence-corrected chi connectivity index (χ3v) is 5.36. The summed E-state index contributed by atoms with van der Waals surface area (Å²) in [4.78, 5) is 2.55. The van der Waals surface area contributed by atoms with Crippen LogP contribution < -0.4 is 5.32 Å². The molecule has 1 aliphatic carbocycles. The van der Waals surface area contributed by atoms with Gasteiger partial charge in [0.05, 0.1) is 6.61 Å². The van der Waals surface area contributed by atoms with Gasteiger partial charge < -0.3 is 15.3 Å². The molecule has 1 fully saturated rings. The second kappa shape index (κ2) is 8.35. The zero-order chi connectivity index (χ0) is 15.2. The van der Waals surface area contributed by atoms with Crippen LogP contribution in [0.1, 0.15) is 66.2 Å². The van der Waals surface area contributed by atoms with E-state index >= 15 is 0 Å². The molecule has 2 unspecified atom stereocenters. The maximum absolute atomic E-state index is 9.64. The summed E-state index contributed by atoms with van der Waals surface area (Å²) in [5, 5.41) is 13.1. The van der Waals surface area contributed by atoms with Gasteiger partial charge in [0.25, 0.3) is 0 Å². The fourth-order valence-corrected chi connectivity index (χ4v) is 3.74. The van der Waals surface area contributed by atoms with Gasteiger partial charge >= 0.3 is 0 Å². The normalized spacial score (nSPS) is 28.4. The summed E-state index contributed by atoms with van der Waals surface area (Å²) in [6.07, 6.45) is 7.81. The van der Waals surface area contributed by atoms with Gasteiger partial charge in [0, 0.05) is 17.6 Å². The zero-order valence-corrected chi connectivity index (χ0v) is 14.3. The molecule has 3 heteroatoms. The number of nitrogens with one attached hydrogen (secondary N) is 1. The molecule has 0 aromatic carbocycles. The topological polar surface area (TPSA) is 35.5 Å². The molecule has 20 heavy (non-hydrogen) atoms. The van der Waals surface area contributed by atoms with E-state index in [4.69, 9.17) is 0 Å². The molecule has 0 amide bonds. The molecule has 0 aromatic heterocycles. The number of hydrogen-bond acceptors (Lipinski definition) is 3. The molecule has 1 saturated carbocycles. The quantitative estimate of drug-likeness (QED) is 0.719. The third kappa shape index (κ3) is 5.01. The van der Waals surface area contributed by atoms with Crippen molar-refractivity contribution in [2.45, 2.75) is 83.8 Å². The number of aliphatic hydroxyl groups is 1. The van der Waals surface area contributed by atoms with E-state index in [2.05, 4.69) is 45.0 Å². The smallest absolute Gasteiger partial charge is 0.0611 e. The first-order valence-corrected chi connectivity index (χ1v) is 8.53. The molecule has 0 saturated heterocycles. The molecule has 0 radical (unpaired) electrons. The maximum atomic E-state index is 9.64. The number of hydrogen-bond donors (Lipinski definition) is 2. The van der Waals surface area contributed by atoms with Gasteiger partial charge in [-0.1, -0.05) is 20.3 Å². The highest BCUT2D eigenvalue weighted by Gasteiger charge is 2.30. The Balaban J connectivity index is 2.48. The molecule has 0 aromatic rings. The number of aliphatic hydroxyl groups excluding tert-OH is 1. The summed E-state index contributed by atoms with van der Waals surface area (Å²) in [7, 11) is 2.27. The minimum atomic E-state index is -0.150. The van der Waals surface area contributed by atoms with Crippen molar-refractivity contribution in [3.05, 3.63) is 0 Å². The number of rotatable bonds is 8. The first-order valence-electron chi connectivity index (χ1n) is 8.53. The van der Waals surface area contributed by atoms with Crippen LogP contribution in [0.2, 0.25) is 0 Å². The van der Waals surface area contributed by atoms with Crippen LogP contribution in [0.5, 0.6) is 0 Å². The number of nitrogens with zero attached hydrogens (tertiary/aromatic N) is 1. The molecule has 3 nitrogen and oxygen atoms in total. The van der Waals surface area contributed by atoms with E-state index in [-0.39, 0.29) is 12.1 Å². The van der Waals surface area contributed by atoms with Crippen LogP contribution in [-0.4, -0.2) is 47.8 Å². The van der Waals surface area contributed by atoms with Gasteiger partial charge in [-0.25, -0.2) is 0 Å². The Kier molecular flexibility index (Phi) is 7.49. The zero-order valence-electron chi connectivity index (χ0n) is 14.3. The molecule has 0 spiro atoms. The second-order valence-electron chi connectivity index (χ2n) is 7.05. The predicted octanol–water partition coefficient (Wildman–Crippen LogP) is 3.03. The average Bonchev–Trinajstić information content (AvgIpc) is 2.46. The van der Waals surface area contributed by atoms with Crippen molar-refractivity contribution in [1.29, 1.82) is 0 Å². The lowest BCUT2D eigenvalue weighted by atomic mass is 9.83. The van der Waals surface area contributed by atoms with E-state index in [0.29, 0.717) is 6.04 Å². The Hall–Kier alpha value is -0.120. The Morgan fingerprint density at radius 2 is 1.85 bits per heavy atom. The highest BCUT2D eigenvalue weighted by Crippen LogP contribution is 2.30. The van der Waals surface area contributed by atoms with Crippen molar-refractivity contribution in [2.75, 3.05) is 20.2 Å². The van der Waals surface area contributed by atoms with E-state index < -0.39 is 0 Å². The van der Waals surface area contributed by atoms with Crippen LogP contribution in [0, 0.1) is 5.92 Å². The standard InChI is InChI=1S/C17H36N2O/c1-6-15-8-10-16(11-9-15)19(5)14(3)12-17(4,13-20)18-7-2/h14-16,18,20H,6-13H2,1-5H3. The van der Waals surface area contributed by atoms with Crippen LogP contribution in [0.4, 0.5) is 0 Å². The van der Waals surface area contributed by atoms with E-state index in [0.717, 1.165) is 24.9 Å².